The lowest BCUT2D eigenvalue weighted by atomic mass is 10.0. The van der Waals surface area contributed by atoms with Crippen molar-refractivity contribution in [2.45, 2.75) is 207 Å². The minimum absolute atomic E-state index is 0.250. The van der Waals surface area contributed by atoms with Crippen LogP contribution in [0.3, 0.4) is 0 Å². The third-order valence-electron chi connectivity index (χ3n) is 7.31. The molecule has 2 nitrogen and oxygen atoms in total. The molecule has 0 aromatic carbocycles. The molecule has 0 atom stereocenters. The second kappa shape index (κ2) is 44.8. The molecule has 41 heavy (non-hydrogen) atoms. The van der Waals surface area contributed by atoms with Crippen LogP contribution in [0.4, 0.5) is 0 Å². The molecule has 0 radical (unpaired) electrons. The molecule has 0 rings (SSSR count). The number of unbranched alkanes of at least 4 members (excludes halogenated alkanes) is 26. The zero-order chi connectivity index (χ0) is 31.1. The molecule has 0 bridgehead atoms. The van der Waals surface area contributed by atoms with E-state index in [1.165, 1.54) is 198 Å². The summed E-state index contributed by atoms with van der Waals surface area (Å²) in [6, 6.07) is 0. The van der Waals surface area contributed by atoms with Gasteiger partial charge in [0.15, 0.2) is 16.7 Å². The fourth-order valence-electron chi connectivity index (χ4n) is 4.82. The van der Waals surface area contributed by atoms with Gasteiger partial charge in [0.2, 0.25) is 0 Å². The van der Waals surface area contributed by atoms with Gasteiger partial charge in [-0.25, -0.2) is 4.79 Å². The standard InChI is InChI=1S/C18H36OS.C16H34S.C2H4ClO/c1-3-4-5-6-7-8-9-10-11-12-13-14-15-16-17-20-18(2)19;1-2-3-4-5-6-7-8-9-10-11-12-13-14-15-16-17;1-2(3)4/h3-17H2,1-2H3;17H,2-16H2,1H3;3H,1H3/q;;+1. The largest absolute Gasteiger partial charge is 0.396 e. The van der Waals surface area contributed by atoms with E-state index in [9.17, 15) is 9.59 Å². The third-order valence-corrected chi connectivity index (χ3v) is 8.53. The third kappa shape index (κ3) is 60.4. The fourth-order valence-corrected chi connectivity index (χ4v) is 5.68. The lowest BCUT2D eigenvalue weighted by Gasteiger charge is -2.03. The topological polar surface area (TPSA) is 34.1 Å². The van der Waals surface area contributed by atoms with Gasteiger partial charge in [-0.3, -0.25) is 4.79 Å². The SMILES string of the molecule is CC(=O)[ClH+].CCCCCCCCCCCCCCCCS.CCCCCCCCCCCCCCCCSC(C)=O. The van der Waals surface area contributed by atoms with Gasteiger partial charge in [0, 0.05) is 12.7 Å². The Bertz CT molecular complexity index is 470. The molecule has 0 aromatic rings. The molecule has 0 fully saturated rings. The average molecular weight is 639 g/mol. The predicted molar refractivity (Wildman–Crippen MR) is 190 cm³/mol. The highest BCUT2D eigenvalue weighted by molar-refractivity contribution is 8.13. The van der Waals surface area contributed by atoms with Gasteiger partial charge in [0.25, 0.3) is 0 Å². The highest BCUT2D eigenvalue weighted by Crippen LogP contribution is 2.15. The van der Waals surface area contributed by atoms with Crippen LogP contribution in [-0.2, 0) is 9.59 Å². The molecule has 0 saturated carbocycles. The first kappa shape index (κ1) is 45.8. The van der Waals surface area contributed by atoms with Gasteiger partial charge in [-0.05, 0) is 18.6 Å². The molecule has 0 amide bonds. The van der Waals surface area contributed by atoms with E-state index in [-0.39, 0.29) is 10.4 Å². The van der Waals surface area contributed by atoms with Crippen molar-refractivity contribution in [2.24, 2.45) is 0 Å². The van der Waals surface area contributed by atoms with Crippen molar-refractivity contribution in [1.82, 2.24) is 0 Å². The van der Waals surface area contributed by atoms with E-state index in [2.05, 4.69) is 38.1 Å². The van der Waals surface area contributed by atoms with Crippen molar-refractivity contribution in [3.05, 3.63) is 0 Å². The van der Waals surface area contributed by atoms with Crippen molar-refractivity contribution < 1.29 is 21.2 Å². The Morgan fingerprint density at radius 3 is 0.902 bits per heavy atom. The van der Waals surface area contributed by atoms with Gasteiger partial charge in [0.05, 0.1) is 6.92 Å². The first-order chi connectivity index (χ1) is 19.9. The summed E-state index contributed by atoms with van der Waals surface area (Å²) in [5.74, 6) is 2.09. The van der Waals surface area contributed by atoms with E-state index in [1.54, 1.807) is 6.92 Å². The Morgan fingerprint density at radius 2 is 0.683 bits per heavy atom. The van der Waals surface area contributed by atoms with Gasteiger partial charge >= 0.3 is 5.24 Å². The summed E-state index contributed by atoms with van der Waals surface area (Å²) in [6.45, 7) is 7.57. The first-order valence-electron chi connectivity index (χ1n) is 17.8. The molecule has 0 aliphatic rings. The lowest BCUT2D eigenvalue weighted by molar-refractivity contribution is -0.302. The van der Waals surface area contributed by atoms with Crippen molar-refractivity contribution >= 4 is 34.7 Å². The summed E-state index contributed by atoms with van der Waals surface area (Å²) in [5.41, 5.74) is 0. The van der Waals surface area contributed by atoms with E-state index in [0.717, 1.165) is 11.5 Å². The molecule has 0 aliphatic carbocycles. The highest BCUT2D eigenvalue weighted by Gasteiger charge is 1.96. The van der Waals surface area contributed by atoms with E-state index in [0.29, 0.717) is 0 Å². The van der Waals surface area contributed by atoms with Gasteiger partial charge in [0.1, 0.15) is 0 Å². The Morgan fingerprint density at radius 1 is 0.463 bits per heavy atom. The van der Waals surface area contributed by atoms with Crippen LogP contribution >= 0.6 is 24.4 Å². The molecular formula is C36H74ClO2S2+. The van der Waals surface area contributed by atoms with Gasteiger partial charge < -0.3 is 0 Å². The molecule has 0 N–H and O–H groups in total. The van der Waals surface area contributed by atoms with Crippen LogP contribution in [0.2, 0.25) is 0 Å². The molecule has 0 heterocycles. The van der Waals surface area contributed by atoms with Crippen LogP contribution in [-0.4, -0.2) is 21.9 Å². The number of carbonyl (C=O) groups is 2. The summed E-state index contributed by atoms with van der Waals surface area (Å²) in [6.07, 6.45) is 39.7. The van der Waals surface area contributed by atoms with Crippen molar-refractivity contribution in [3.8, 4) is 0 Å². The molecule has 0 aromatic heterocycles. The zero-order valence-electron chi connectivity index (χ0n) is 28.3. The Labute approximate surface area is 273 Å². The molecule has 5 heteroatoms. The molecular weight excluding hydrogens is 564 g/mol. The van der Waals surface area contributed by atoms with Crippen LogP contribution in [0.25, 0.3) is 0 Å². The van der Waals surface area contributed by atoms with Crippen LogP contribution in [0, 0.1) is 11.6 Å². The summed E-state index contributed by atoms with van der Waals surface area (Å²) in [7, 11) is 0. The normalized spacial score (nSPS) is 10.5. The number of rotatable bonds is 29. The first-order valence-corrected chi connectivity index (χ1v) is 19.9. The number of carbonyl (C=O) groups excluding carboxylic acids is 2. The predicted octanol–water partition coefficient (Wildman–Crippen LogP) is 13.0. The van der Waals surface area contributed by atoms with Crippen LogP contribution in [0.15, 0.2) is 0 Å². The lowest BCUT2D eigenvalue weighted by Crippen LogP contribution is -1.87. The number of halogens is 1. The minimum atomic E-state index is -0.250. The summed E-state index contributed by atoms with van der Waals surface area (Å²) in [5, 5.41) is 0.0136. The maximum atomic E-state index is 10.7. The quantitative estimate of drug-likeness (QED) is 0.0503. The number of hydrogen-bond donors (Lipinski definition) is 1. The maximum Gasteiger partial charge on any atom is 0.396 e. The highest BCUT2D eigenvalue weighted by atomic mass is 35.5. The fraction of sp³-hybridized carbons (Fsp3) is 0.944. The van der Waals surface area contributed by atoms with Crippen molar-refractivity contribution in [3.63, 3.8) is 0 Å². The monoisotopic (exact) mass is 637 g/mol. The van der Waals surface area contributed by atoms with E-state index in [1.807, 2.05) is 0 Å². The van der Waals surface area contributed by atoms with Crippen molar-refractivity contribution in [1.29, 1.82) is 0 Å². The van der Waals surface area contributed by atoms with Gasteiger partial charge in [-0.15, -0.1) is 0 Å². The Balaban J connectivity index is -0.000000628. The second-order valence-corrected chi connectivity index (χ2v) is 14.0. The molecule has 0 aliphatic heterocycles. The van der Waals surface area contributed by atoms with Crippen molar-refractivity contribution in [2.75, 3.05) is 11.5 Å². The van der Waals surface area contributed by atoms with Gasteiger partial charge in [-0.1, -0.05) is 193 Å². The summed E-state index contributed by atoms with van der Waals surface area (Å²) < 4.78 is 0. The number of hydrogen-bond acceptors (Lipinski definition) is 4. The molecule has 0 spiro atoms. The van der Waals surface area contributed by atoms with E-state index >= 15 is 0 Å². The van der Waals surface area contributed by atoms with E-state index in [4.69, 9.17) is 0 Å². The smallest absolute Gasteiger partial charge is 0.288 e. The minimum Gasteiger partial charge on any atom is -0.288 e. The Kier molecular flexibility index (Phi) is 50.0. The second-order valence-electron chi connectivity index (χ2n) is 11.7. The number of thiol groups is 1. The zero-order valence-corrected chi connectivity index (χ0v) is 30.8. The summed E-state index contributed by atoms with van der Waals surface area (Å²) in [4.78, 5) is 20.0. The molecule has 0 unspecified atom stereocenters. The average Bonchev–Trinajstić information content (AvgIpc) is 2.93. The molecule has 0 saturated heterocycles. The molecule has 248 valence electrons. The Hall–Kier alpha value is 0.330. The van der Waals surface area contributed by atoms with Crippen LogP contribution in [0.1, 0.15) is 207 Å². The van der Waals surface area contributed by atoms with E-state index < -0.39 is 0 Å². The van der Waals surface area contributed by atoms with Crippen LogP contribution in [0.5, 0.6) is 0 Å². The maximum absolute atomic E-state index is 10.7. The van der Waals surface area contributed by atoms with Crippen LogP contribution < -0.4 is 0 Å². The van der Waals surface area contributed by atoms with Gasteiger partial charge in [-0.2, -0.15) is 12.6 Å². The number of thioether (sulfide) groups is 1. The summed E-state index contributed by atoms with van der Waals surface area (Å²) >= 11 is 9.69.